The smallest absolute Gasteiger partial charge is 0.196 e. The van der Waals surface area contributed by atoms with Gasteiger partial charge in [-0.3, -0.25) is 0 Å². The van der Waals surface area contributed by atoms with Gasteiger partial charge in [0.05, 0.1) is 23.0 Å². The van der Waals surface area contributed by atoms with E-state index in [1.54, 1.807) is 0 Å². The highest BCUT2D eigenvalue weighted by molar-refractivity contribution is 7.81. The van der Waals surface area contributed by atoms with Crippen LogP contribution in [0.1, 0.15) is 12.7 Å². The van der Waals surface area contributed by atoms with Crippen LogP contribution >= 0.6 is 12.6 Å². The van der Waals surface area contributed by atoms with Gasteiger partial charge in [0.1, 0.15) is 30.3 Å². The van der Waals surface area contributed by atoms with Crippen molar-refractivity contribution in [3.05, 3.63) is 28.9 Å². The molecule has 0 amide bonds. The predicted molar refractivity (Wildman–Crippen MR) is 97.8 cm³/mol. The van der Waals surface area contributed by atoms with Crippen LogP contribution in [0.3, 0.4) is 0 Å². The maximum Gasteiger partial charge on any atom is 0.196 e. The molecule has 9 heteroatoms. The van der Waals surface area contributed by atoms with E-state index in [1.165, 1.54) is 0 Å². The van der Waals surface area contributed by atoms with E-state index < -0.39 is 4.87 Å². The number of nitroso groups, excluding NO2 is 1. The van der Waals surface area contributed by atoms with E-state index in [9.17, 15) is 4.91 Å². The largest absolute Gasteiger partial charge is 0.489 e. The summed E-state index contributed by atoms with van der Waals surface area (Å²) in [6.07, 6.45) is 0. The summed E-state index contributed by atoms with van der Waals surface area (Å²) < 4.78 is 13.3. The van der Waals surface area contributed by atoms with Crippen molar-refractivity contribution in [2.75, 3.05) is 18.9 Å². The molecule has 3 heterocycles. The molecule has 130 valence electrons. The first-order chi connectivity index (χ1) is 12.1. The summed E-state index contributed by atoms with van der Waals surface area (Å²) in [7, 11) is 0. The number of aromatic nitrogens is 3. The van der Waals surface area contributed by atoms with Crippen LogP contribution < -0.4 is 10.5 Å². The number of ether oxygens (including phenoxy) is 2. The molecule has 0 saturated heterocycles. The number of nitrogens with two attached hydrogens (primary N) is 1. The summed E-state index contributed by atoms with van der Waals surface area (Å²) in [6, 6.07) is 5.52. The zero-order chi connectivity index (χ0) is 17.6. The van der Waals surface area contributed by atoms with Gasteiger partial charge < -0.3 is 19.8 Å². The number of thiol groups is 1. The fraction of sp³-hybridized carbons (Fsp3) is 0.375. The first kappa shape index (κ1) is 16.1. The molecule has 1 aliphatic heterocycles. The molecular formula is C16H17N5O3S. The maximum atomic E-state index is 11.4. The molecule has 0 saturated carbocycles. The second kappa shape index (κ2) is 5.85. The van der Waals surface area contributed by atoms with Crippen LogP contribution in [0.15, 0.2) is 23.4 Å². The van der Waals surface area contributed by atoms with E-state index in [0.717, 1.165) is 10.9 Å². The van der Waals surface area contributed by atoms with Crippen molar-refractivity contribution in [2.24, 2.45) is 5.18 Å². The maximum absolute atomic E-state index is 11.4. The monoisotopic (exact) mass is 359 g/mol. The number of rotatable bonds is 4. The van der Waals surface area contributed by atoms with Crippen LogP contribution in [-0.4, -0.2) is 32.6 Å². The summed E-state index contributed by atoms with van der Waals surface area (Å²) in [5, 5.41) is 3.99. The number of hydrogen-bond donors (Lipinski definition) is 2. The minimum absolute atomic E-state index is 0.0380. The van der Waals surface area contributed by atoms with Gasteiger partial charge in [0.15, 0.2) is 10.7 Å². The van der Waals surface area contributed by atoms with Gasteiger partial charge in [0, 0.05) is 6.61 Å². The lowest BCUT2D eigenvalue weighted by atomic mass is 10.1. The molecule has 1 atom stereocenters. The zero-order valence-electron chi connectivity index (χ0n) is 13.6. The molecule has 0 bridgehead atoms. The quantitative estimate of drug-likeness (QED) is 0.548. The second-order valence-corrected chi connectivity index (χ2v) is 6.79. The molecule has 2 aromatic heterocycles. The van der Waals surface area contributed by atoms with Gasteiger partial charge in [-0.05, 0) is 24.2 Å². The highest BCUT2D eigenvalue weighted by Gasteiger charge is 2.34. The highest BCUT2D eigenvalue weighted by Crippen LogP contribution is 2.38. The molecule has 25 heavy (non-hydrogen) atoms. The van der Waals surface area contributed by atoms with Crippen LogP contribution in [0, 0.1) is 4.91 Å². The lowest BCUT2D eigenvalue weighted by Crippen LogP contribution is -2.34. The lowest BCUT2D eigenvalue weighted by molar-refractivity contribution is 0.125. The van der Waals surface area contributed by atoms with Crippen LogP contribution in [-0.2, 0) is 17.9 Å². The Labute approximate surface area is 148 Å². The Morgan fingerprint density at radius 2 is 2.32 bits per heavy atom. The molecule has 3 aromatic rings. The summed E-state index contributed by atoms with van der Waals surface area (Å²) in [5.41, 5.74) is 8.15. The molecule has 1 aliphatic rings. The van der Waals surface area contributed by atoms with Crippen LogP contribution in [0.4, 0.5) is 5.82 Å². The van der Waals surface area contributed by atoms with Crippen molar-refractivity contribution in [3.63, 3.8) is 0 Å². The number of imidazole rings is 1. The molecule has 1 aromatic carbocycles. The van der Waals surface area contributed by atoms with Gasteiger partial charge in [0.2, 0.25) is 0 Å². The predicted octanol–water partition coefficient (Wildman–Crippen LogP) is 2.49. The summed E-state index contributed by atoms with van der Waals surface area (Å²) >= 11 is 4.44. The number of pyridine rings is 1. The van der Waals surface area contributed by atoms with Gasteiger partial charge >= 0.3 is 0 Å². The van der Waals surface area contributed by atoms with Crippen LogP contribution in [0.5, 0.6) is 5.75 Å². The fourth-order valence-electron chi connectivity index (χ4n) is 3.11. The Balaban J connectivity index is 2.11. The van der Waals surface area contributed by atoms with E-state index in [-0.39, 0.29) is 19.8 Å². The minimum atomic E-state index is -1.23. The number of benzene rings is 1. The van der Waals surface area contributed by atoms with Crippen LogP contribution in [0.2, 0.25) is 0 Å². The molecule has 0 aliphatic carbocycles. The van der Waals surface area contributed by atoms with Gasteiger partial charge in [0.25, 0.3) is 0 Å². The molecule has 2 N–H and O–H groups in total. The standard InChI is InChI=1S/C16H17N5O3S/c1-2-23-6-11-19-13-14-12-9(18-15(13)17)4-3-5-10(12)24-8-16(25,20-22)7-21(11)14/h3-5,25H,2,6-8H2,1H3,(H2,17,18). The third-order valence-electron chi connectivity index (χ3n) is 4.25. The van der Waals surface area contributed by atoms with Gasteiger partial charge in [-0.25, -0.2) is 9.97 Å². The second-order valence-electron chi connectivity index (χ2n) is 5.96. The third kappa shape index (κ3) is 2.50. The molecule has 1 unspecified atom stereocenters. The average molecular weight is 359 g/mol. The van der Waals surface area contributed by atoms with Crippen molar-refractivity contribution >= 4 is 40.4 Å². The normalized spacial score (nSPS) is 19.8. The summed E-state index contributed by atoms with van der Waals surface area (Å²) in [5.74, 6) is 1.57. The Bertz CT molecular complexity index is 989. The first-order valence-electron chi connectivity index (χ1n) is 7.91. The third-order valence-corrected chi connectivity index (χ3v) is 4.60. The average Bonchev–Trinajstić information content (AvgIpc) is 2.95. The van der Waals surface area contributed by atoms with E-state index >= 15 is 0 Å². The van der Waals surface area contributed by atoms with Crippen LogP contribution in [0.25, 0.3) is 21.9 Å². The van der Waals surface area contributed by atoms with Gasteiger partial charge in [-0.15, -0.1) is 17.5 Å². The lowest BCUT2D eigenvalue weighted by Gasteiger charge is -2.26. The van der Waals surface area contributed by atoms with E-state index in [1.807, 2.05) is 29.7 Å². The highest BCUT2D eigenvalue weighted by atomic mass is 32.1. The Kier molecular flexibility index (Phi) is 3.77. The molecule has 0 fully saturated rings. The molecule has 8 nitrogen and oxygen atoms in total. The SMILES string of the molecule is CCOCc1nc2c(N)nc3cccc4c3c2n1CC(S)(N=O)CO4. The van der Waals surface area contributed by atoms with E-state index in [2.05, 4.69) is 27.8 Å². The van der Waals surface area contributed by atoms with Crippen molar-refractivity contribution in [2.45, 2.75) is 24.9 Å². The van der Waals surface area contributed by atoms with Crippen molar-refractivity contribution < 1.29 is 9.47 Å². The first-order valence-corrected chi connectivity index (χ1v) is 8.36. The zero-order valence-corrected chi connectivity index (χ0v) is 14.5. The van der Waals surface area contributed by atoms with Crippen molar-refractivity contribution in [1.29, 1.82) is 0 Å². The Morgan fingerprint density at radius 1 is 1.48 bits per heavy atom. The molecular weight excluding hydrogens is 342 g/mol. The number of nitrogen functional groups attached to an aromatic ring is 1. The molecule has 0 radical (unpaired) electrons. The number of nitrogens with zero attached hydrogens (tertiary/aromatic N) is 4. The van der Waals surface area contributed by atoms with Crippen molar-refractivity contribution in [1.82, 2.24) is 14.5 Å². The van der Waals surface area contributed by atoms with Crippen molar-refractivity contribution in [3.8, 4) is 5.75 Å². The topological polar surface area (TPSA) is 105 Å². The number of anilines is 1. The minimum Gasteiger partial charge on any atom is -0.489 e. The van der Waals surface area contributed by atoms with Gasteiger partial charge in [-0.1, -0.05) is 6.07 Å². The number of hydrogen-bond acceptors (Lipinski definition) is 8. The molecule has 4 rings (SSSR count). The van der Waals surface area contributed by atoms with E-state index in [4.69, 9.17) is 15.2 Å². The Morgan fingerprint density at radius 3 is 3.08 bits per heavy atom. The van der Waals surface area contributed by atoms with E-state index in [0.29, 0.717) is 35.0 Å². The Hall–Kier alpha value is -2.39. The molecule has 0 spiro atoms. The summed E-state index contributed by atoms with van der Waals surface area (Å²) in [6.45, 7) is 2.98. The summed E-state index contributed by atoms with van der Waals surface area (Å²) in [4.78, 5) is 19.2. The van der Waals surface area contributed by atoms with Gasteiger partial charge in [-0.2, -0.15) is 0 Å². The fourth-order valence-corrected chi connectivity index (χ4v) is 3.31.